The molecule has 1 aromatic carbocycles. The van der Waals surface area contributed by atoms with Crippen molar-refractivity contribution in [2.45, 2.75) is 19.4 Å². The van der Waals surface area contributed by atoms with E-state index in [-0.39, 0.29) is 5.95 Å². The zero-order chi connectivity index (χ0) is 14.3. The molecule has 0 saturated carbocycles. The molecule has 0 aliphatic heterocycles. The van der Waals surface area contributed by atoms with Gasteiger partial charge < -0.3 is 15.6 Å². The molecule has 7 heteroatoms. The molecule has 7 nitrogen and oxygen atoms in total. The summed E-state index contributed by atoms with van der Waals surface area (Å²) in [5.74, 6) is 1.40. The van der Waals surface area contributed by atoms with Gasteiger partial charge in [0.15, 0.2) is 11.5 Å². The number of methoxy groups -OCH3 is 1. The number of rotatable bonds is 3. The summed E-state index contributed by atoms with van der Waals surface area (Å²) in [6, 6.07) is 5.57. The molecule has 1 atom stereocenters. The Kier molecular flexibility index (Phi) is 2.90. The number of ether oxygens (including phenoxy) is 1. The van der Waals surface area contributed by atoms with Crippen LogP contribution in [0, 0.1) is 0 Å². The lowest BCUT2D eigenvalue weighted by Crippen LogP contribution is -2.06. The Balaban J connectivity index is 2.32. The number of aliphatic hydroxyl groups is 1. The summed E-state index contributed by atoms with van der Waals surface area (Å²) < 4.78 is 6.77. The van der Waals surface area contributed by atoms with Crippen molar-refractivity contribution in [1.29, 1.82) is 0 Å². The van der Waals surface area contributed by atoms with E-state index in [1.807, 2.05) is 18.2 Å². The molecule has 0 fully saturated rings. The van der Waals surface area contributed by atoms with Gasteiger partial charge in [0.25, 0.3) is 0 Å². The summed E-state index contributed by atoms with van der Waals surface area (Å²) >= 11 is 0. The molecule has 104 valence electrons. The molecule has 2 aromatic heterocycles. The Morgan fingerprint density at radius 1 is 1.40 bits per heavy atom. The molecule has 0 unspecified atom stereocenters. The second kappa shape index (κ2) is 4.61. The van der Waals surface area contributed by atoms with Crippen LogP contribution in [0.15, 0.2) is 18.2 Å². The first-order chi connectivity index (χ1) is 9.60. The van der Waals surface area contributed by atoms with Gasteiger partial charge in [0.05, 0.1) is 13.2 Å². The van der Waals surface area contributed by atoms with Crippen LogP contribution < -0.4 is 10.5 Å². The maximum absolute atomic E-state index is 9.44. The number of anilines is 1. The molecule has 0 aliphatic carbocycles. The van der Waals surface area contributed by atoms with Gasteiger partial charge >= 0.3 is 0 Å². The first-order valence-corrected chi connectivity index (χ1v) is 6.26. The average molecular weight is 273 g/mol. The van der Waals surface area contributed by atoms with Gasteiger partial charge in [-0.25, -0.2) is 9.97 Å². The number of fused-ring (bicyclic) bond motifs is 3. The summed E-state index contributed by atoms with van der Waals surface area (Å²) in [6.45, 7) is 1.69. The number of para-hydroxylation sites is 1. The number of benzene rings is 1. The molecular weight excluding hydrogens is 258 g/mol. The summed E-state index contributed by atoms with van der Waals surface area (Å²) in [6.07, 6.45) is -0.144. The molecular formula is C13H15N5O2. The van der Waals surface area contributed by atoms with Gasteiger partial charge in [-0.05, 0) is 19.1 Å². The van der Waals surface area contributed by atoms with E-state index in [1.54, 1.807) is 14.0 Å². The van der Waals surface area contributed by atoms with Crippen LogP contribution in [0.25, 0.3) is 16.6 Å². The molecule has 0 radical (unpaired) electrons. The SMILES string of the molecule is COc1cccc2c1nc(N)n1nc(C[C@@H](C)O)nc21. The summed E-state index contributed by atoms with van der Waals surface area (Å²) in [5, 5.41) is 14.5. The van der Waals surface area contributed by atoms with Crippen molar-refractivity contribution >= 4 is 22.5 Å². The molecule has 2 heterocycles. The van der Waals surface area contributed by atoms with Crippen LogP contribution in [0.4, 0.5) is 5.95 Å². The van der Waals surface area contributed by atoms with Gasteiger partial charge in [0.1, 0.15) is 11.3 Å². The highest BCUT2D eigenvalue weighted by Gasteiger charge is 2.14. The van der Waals surface area contributed by atoms with Gasteiger partial charge in [0, 0.05) is 11.8 Å². The van der Waals surface area contributed by atoms with Crippen molar-refractivity contribution in [3.63, 3.8) is 0 Å². The van der Waals surface area contributed by atoms with Gasteiger partial charge in [-0.3, -0.25) is 0 Å². The Morgan fingerprint density at radius 2 is 2.20 bits per heavy atom. The minimum absolute atomic E-state index is 0.237. The third kappa shape index (κ3) is 1.92. The number of hydrogen-bond donors (Lipinski definition) is 2. The first kappa shape index (κ1) is 12.6. The molecule has 3 aromatic rings. The lowest BCUT2D eigenvalue weighted by Gasteiger charge is -2.06. The predicted molar refractivity (Wildman–Crippen MR) is 74.6 cm³/mol. The summed E-state index contributed by atoms with van der Waals surface area (Å²) in [4.78, 5) is 8.75. The third-order valence-corrected chi connectivity index (χ3v) is 3.03. The lowest BCUT2D eigenvalue weighted by atomic mass is 10.2. The third-order valence-electron chi connectivity index (χ3n) is 3.03. The van der Waals surface area contributed by atoms with E-state index < -0.39 is 6.10 Å². The number of hydrogen-bond acceptors (Lipinski definition) is 6. The molecule has 3 rings (SSSR count). The van der Waals surface area contributed by atoms with Crippen molar-refractivity contribution in [3.05, 3.63) is 24.0 Å². The van der Waals surface area contributed by atoms with Gasteiger partial charge in [-0.2, -0.15) is 4.52 Å². The van der Waals surface area contributed by atoms with Crippen molar-refractivity contribution in [2.24, 2.45) is 0 Å². The fraction of sp³-hybridized carbons (Fsp3) is 0.308. The lowest BCUT2D eigenvalue weighted by molar-refractivity contribution is 0.193. The predicted octanol–water partition coefficient (Wildman–Crippen LogP) is 0.792. The quantitative estimate of drug-likeness (QED) is 0.732. The van der Waals surface area contributed by atoms with E-state index in [0.29, 0.717) is 29.2 Å². The Labute approximate surface area is 115 Å². The van der Waals surface area contributed by atoms with Gasteiger partial charge in [0.2, 0.25) is 5.95 Å². The molecule has 0 saturated heterocycles. The largest absolute Gasteiger partial charge is 0.494 e. The number of nitrogens with two attached hydrogens (primary N) is 1. The van der Waals surface area contributed by atoms with E-state index in [4.69, 9.17) is 10.5 Å². The van der Waals surface area contributed by atoms with Crippen LogP contribution >= 0.6 is 0 Å². The fourth-order valence-electron chi connectivity index (χ4n) is 2.18. The van der Waals surface area contributed by atoms with Crippen LogP contribution in [0.2, 0.25) is 0 Å². The van der Waals surface area contributed by atoms with Crippen molar-refractivity contribution in [2.75, 3.05) is 12.8 Å². The van der Waals surface area contributed by atoms with Gasteiger partial charge in [-0.1, -0.05) is 6.07 Å². The zero-order valence-corrected chi connectivity index (χ0v) is 11.2. The van der Waals surface area contributed by atoms with Crippen molar-refractivity contribution in [1.82, 2.24) is 19.6 Å². The maximum Gasteiger partial charge on any atom is 0.223 e. The normalized spacial score (nSPS) is 12.9. The Bertz CT molecular complexity index is 781. The highest BCUT2D eigenvalue weighted by Crippen LogP contribution is 2.27. The highest BCUT2D eigenvalue weighted by molar-refractivity contribution is 5.95. The molecule has 0 aliphatic rings. The van der Waals surface area contributed by atoms with Crippen molar-refractivity contribution < 1.29 is 9.84 Å². The maximum atomic E-state index is 9.44. The van der Waals surface area contributed by atoms with Crippen LogP contribution in [0.5, 0.6) is 5.75 Å². The van der Waals surface area contributed by atoms with E-state index in [0.717, 1.165) is 5.39 Å². The first-order valence-electron chi connectivity index (χ1n) is 6.26. The van der Waals surface area contributed by atoms with E-state index in [2.05, 4.69) is 15.1 Å². The summed E-state index contributed by atoms with van der Waals surface area (Å²) in [7, 11) is 1.58. The van der Waals surface area contributed by atoms with Crippen molar-refractivity contribution in [3.8, 4) is 5.75 Å². The average Bonchev–Trinajstić information content (AvgIpc) is 2.82. The molecule has 0 bridgehead atoms. The van der Waals surface area contributed by atoms with Gasteiger partial charge in [-0.15, -0.1) is 5.10 Å². The van der Waals surface area contributed by atoms with Crippen LogP contribution in [-0.4, -0.2) is 37.9 Å². The van der Waals surface area contributed by atoms with Crippen LogP contribution in [0.3, 0.4) is 0 Å². The summed E-state index contributed by atoms with van der Waals surface area (Å²) in [5.41, 5.74) is 7.18. The Morgan fingerprint density at radius 3 is 2.90 bits per heavy atom. The highest BCUT2D eigenvalue weighted by atomic mass is 16.5. The van der Waals surface area contributed by atoms with E-state index >= 15 is 0 Å². The number of nitrogen functional groups attached to an aromatic ring is 1. The topological polar surface area (TPSA) is 98.6 Å². The second-order valence-corrected chi connectivity index (χ2v) is 4.64. The van der Waals surface area contributed by atoms with Crippen LogP contribution in [-0.2, 0) is 6.42 Å². The molecule has 20 heavy (non-hydrogen) atoms. The van der Waals surface area contributed by atoms with E-state index in [9.17, 15) is 5.11 Å². The molecule has 0 spiro atoms. The minimum Gasteiger partial charge on any atom is -0.494 e. The number of aliphatic hydroxyl groups excluding tert-OH is 1. The monoisotopic (exact) mass is 273 g/mol. The van der Waals surface area contributed by atoms with E-state index in [1.165, 1.54) is 4.52 Å². The molecule has 0 amide bonds. The van der Waals surface area contributed by atoms with Crippen LogP contribution in [0.1, 0.15) is 12.7 Å². The smallest absolute Gasteiger partial charge is 0.223 e. The second-order valence-electron chi connectivity index (χ2n) is 4.64. The zero-order valence-electron chi connectivity index (χ0n) is 11.2. The standard InChI is InChI=1S/C13H15N5O2/c1-7(19)6-10-15-12-8-4-3-5-9(20-2)11(8)16-13(14)18(12)17-10/h3-5,7,19H,6H2,1-2H3,(H2,14,16)/t7-/m1/s1. The minimum atomic E-state index is -0.512. The molecule has 3 N–H and O–H groups in total. The number of aromatic nitrogens is 4. The fourth-order valence-corrected chi connectivity index (χ4v) is 2.18. The number of nitrogens with zero attached hydrogens (tertiary/aromatic N) is 4. The Hall–Kier alpha value is -2.41.